The number of halogens is 2. The van der Waals surface area contributed by atoms with Crippen molar-refractivity contribution in [3.63, 3.8) is 0 Å². The molecule has 13 heavy (non-hydrogen) atoms. The Bertz CT molecular complexity index is 305. The molecule has 1 rings (SSSR count). The third-order valence-electron chi connectivity index (χ3n) is 1.72. The zero-order valence-corrected chi connectivity index (χ0v) is 9.14. The summed E-state index contributed by atoms with van der Waals surface area (Å²) in [5.74, 6) is -0.156. The lowest BCUT2D eigenvalue weighted by atomic mass is 10.1. The van der Waals surface area contributed by atoms with E-state index >= 15 is 0 Å². The minimum atomic E-state index is -0.156. The molecular formula is C11H12BrF. The van der Waals surface area contributed by atoms with Crippen molar-refractivity contribution in [3.8, 4) is 0 Å². The molecule has 0 unspecified atom stereocenters. The van der Waals surface area contributed by atoms with Crippen LogP contribution in [0.4, 0.5) is 4.39 Å². The number of benzene rings is 1. The van der Waals surface area contributed by atoms with Crippen LogP contribution in [-0.4, -0.2) is 5.33 Å². The number of hydrogen-bond donors (Lipinski definition) is 0. The third-order valence-corrected chi connectivity index (χ3v) is 2.18. The van der Waals surface area contributed by atoms with E-state index in [2.05, 4.69) is 15.9 Å². The Balaban J connectivity index is 2.81. The summed E-state index contributed by atoms with van der Waals surface area (Å²) >= 11 is 3.31. The van der Waals surface area contributed by atoms with Crippen molar-refractivity contribution in [2.24, 2.45) is 0 Å². The largest absolute Gasteiger partial charge is 0.206 e. The van der Waals surface area contributed by atoms with Gasteiger partial charge in [-0.15, -0.1) is 0 Å². The van der Waals surface area contributed by atoms with Gasteiger partial charge in [0, 0.05) is 10.9 Å². The molecule has 0 aliphatic rings. The molecule has 1 aromatic carbocycles. The first-order chi connectivity index (χ1) is 6.24. The van der Waals surface area contributed by atoms with Gasteiger partial charge in [-0.2, -0.15) is 0 Å². The van der Waals surface area contributed by atoms with Gasteiger partial charge in [-0.3, -0.25) is 0 Å². The number of allylic oxidation sites excluding steroid dienone is 1. The number of alkyl halides is 1. The van der Waals surface area contributed by atoms with Crippen LogP contribution in [-0.2, 0) is 0 Å². The summed E-state index contributed by atoms with van der Waals surface area (Å²) in [7, 11) is 0. The SMILES string of the molecule is Cc1ccc(F)c(C=CCCBr)c1. The van der Waals surface area contributed by atoms with E-state index in [1.54, 1.807) is 6.07 Å². The summed E-state index contributed by atoms with van der Waals surface area (Å²) in [6.45, 7) is 1.96. The van der Waals surface area contributed by atoms with E-state index in [4.69, 9.17) is 0 Å². The molecule has 0 aromatic heterocycles. The molecule has 0 atom stereocenters. The van der Waals surface area contributed by atoms with Gasteiger partial charge >= 0.3 is 0 Å². The van der Waals surface area contributed by atoms with Gasteiger partial charge in [0.2, 0.25) is 0 Å². The van der Waals surface area contributed by atoms with Gasteiger partial charge in [0.15, 0.2) is 0 Å². The van der Waals surface area contributed by atoms with Crippen molar-refractivity contribution in [3.05, 3.63) is 41.2 Å². The molecule has 0 aliphatic carbocycles. The average Bonchev–Trinajstić information content (AvgIpc) is 2.11. The van der Waals surface area contributed by atoms with E-state index in [1.165, 1.54) is 6.07 Å². The topological polar surface area (TPSA) is 0 Å². The summed E-state index contributed by atoms with van der Waals surface area (Å²) in [6.07, 6.45) is 4.71. The normalized spacial score (nSPS) is 11.0. The van der Waals surface area contributed by atoms with E-state index in [0.717, 1.165) is 17.3 Å². The molecule has 1 aromatic rings. The lowest BCUT2D eigenvalue weighted by molar-refractivity contribution is 0.624. The summed E-state index contributed by atoms with van der Waals surface area (Å²) < 4.78 is 13.1. The molecule has 0 amide bonds. The fourth-order valence-electron chi connectivity index (χ4n) is 1.06. The van der Waals surface area contributed by atoms with Crippen molar-refractivity contribution >= 4 is 22.0 Å². The highest BCUT2D eigenvalue weighted by molar-refractivity contribution is 9.09. The Kier molecular flexibility index (Phi) is 4.16. The Hall–Kier alpha value is -0.630. The van der Waals surface area contributed by atoms with E-state index in [9.17, 15) is 4.39 Å². The monoisotopic (exact) mass is 242 g/mol. The van der Waals surface area contributed by atoms with Gasteiger partial charge in [0.05, 0.1) is 0 Å². The predicted molar refractivity (Wildman–Crippen MR) is 58.6 cm³/mol. The van der Waals surface area contributed by atoms with E-state index in [1.807, 2.05) is 25.1 Å². The smallest absolute Gasteiger partial charge is 0.130 e. The van der Waals surface area contributed by atoms with Crippen LogP contribution in [0.2, 0.25) is 0 Å². The molecule has 0 fully saturated rings. The standard InChI is InChI=1S/C11H12BrF/c1-9-5-6-11(13)10(8-9)4-2-3-7-12/h2,4-6,8H,3,7H2,1H3. The molecule has 0 spiro atoms. The van der Waals surface area contributed by atoms with Crippen LogP contribution >= 0.6 is 15.9 Å². The highest BCUT2D eigenvalue weighted by atomic mass is 79.9. The first-order valence-electron chi connectivity index (χ1n) is 4.22. The molecule has 0 bridgehead atoms. The van der Waals surface area contributed by atoms with Crippen LogP contribution in [0.25, 0.3) is 6.08 Å². The number of hydrogen-bond acceptors (Lipinski definition) is 0. The molecule has 2 heteroatoms. The minimum absolute atomic E-state index is 0.156. The predicted octanol–water partition coefficient (Wildman–Crippen LogP) is 3.93. The molecule has 0 radical (unpaired) electrons. The highest BCUT2D eigenvalue weighted by Crippen LogP contribution is 2.12. The van der Waals surface area contributed by atoms with E-state index in [0.29, 0.717) is 5.56 Å². The van der Waals surface area contributed by atoms with Crippen LogP contribution in [0.15, 0.2) is 24.3 Å². The Morgan fingerprint density at radius 2 is 2.23 bits per heavy atom. The van der Waals surface area contributed by atoms with E-state index < -0.39 is 0 Å². The average molecular weight is 243 g/mol. The minimum Gasteiger partial charge on any atom is -0.206 e. The molecule has 0 heterocycles. The van der Waals surface area contributed by atoms with Gasteiger partial charge in [0.1, 0.15) is 5.82 Å². The maximum atomic E-state index is 13.1. The van der Waals surface area contributed by atoms with Gasteiger partial charge in [-0.1, -0.05) is 39.7 Å². The second kappa shape index (κ2) is 5.18. The van der Waals surface area contributed by atoms with Gasteiger partial charge < -0.3 is 0 Å². The lowest BCUT2D eigenvalue weighted by Gasteiger charge is -1.98. The van der Waals surface area contributed by atoms with Crippen LogP contribution in [0.1, 0.15) is 17.5 Å². The molecule has 70 valence electrons. The first kappa shape index (κ1) is 10.5. The number of rotatable bonds is 3. The third kappa shape index (κ3) is 3.31. The van der Waals surface area contributed by atoms with Crippen molar-refractivity contribution in [1.82, 2.24) is 0 Å². The van der Waals surface area contributed by atoms with Crippen molar-refractivity contribution in [1.29, 1.82) is 0 Å². The van der Waals surface area contributed by atoms with Crippen molar-refractivity contribution in [2.75, 3.05) is 5.33 Å². The Labute approximate surface area is 86.6 Å². The van der Waals surface area contributed by atoms with Crippen LogP contribution in [0.5, 0.6) is 0 Å². The maximum Gasteiger partial charge on any atom is 0.130 e. The fraction of sp³-hybridized carbons (Fsp3) is 0.273. The summed E-state index contributed by atoms with van der Waals surface area (Å²) in [6, 6.07) is 5.13. The molecule has 0 aliphatic heterocycles. The van der Waals surface area contributed by atoms with Gasteiger partial charge in [-0.05, 0) is 25.5 Å². The van der Waals surface area contributed by atoms with Crippen LogP contribution in [0, 0.1) is 12.7 Å². The maximum absolute atomic E-state index is 13.1. The molecule has 0 saturated heterocycles. The molecular weight excluding hydrogens is 231 g/mol. The van der Waals surface area contributed by atoms with Crippen molar-refractivity contribution < 1.29 is 4.39 Å². The fourth-order valence-corrected chi connectivity index (χ4v) is 1.33. The van der Waals surface area contributed by atoms with Crippen LogP contribution < -0.4 is 0 Å². The second-order valence-electron chi connectivity index (χ2n) is 2.90. The summed E-state index contributed by atoms with van der Waals surface area (Å²) in [4.78, 5) is 0. The zero-order valence-electron chi connectivity index (χ0n) is 7.56. The zero-order chi connectivity index (χ0) is 9.68. The van der Waals surface area contributed by atoms with Gasteiger partial charge in [-0.25, -0.2) is 4.39 Å². The second-order valence-corrected chi connectivity index (χ2v) is 3.70. The quantitative estimate of drug-likeness (QED) is 0.705. The Morgan fingerprint density at radius 3 is 2.92 bits per heavy atom. The number of aryl methyl sites for hydroxylation is 1. The summed E-state index contributed by atoms with van der Waals surface area (Å²) in [5.41, 5.74) is 1.75. The summed E-state index contributed by atoms with van der Waals surface area (Å²) in [5, 5.41) is 0.914. The van der Waals surface area contributed by atoms with Crippen molar-refractivity contribution in [2.45, 2.75) is 13.3 Å². The first-order valence-corrected chi connectivity index (χ1v) is 5.35. The highest BCUT2D eigenvalue weighted by Gasteiger charge is 1.96. The van der Waals surface area contributed by atoms with E-state index in [-0.39, 0.29) is 5.82 Å². The molecule has 0 nitrogen and oxygen atoms in total. The molecule has 0 N–H and O–H groups in total. The lowest BCUT2D eigenvalue weighted by Crippen LogP contribution is -1.83. The van der Waals surface area contributed by atoms with Crippen LogP contribution in [0.3, 0.4) is 0 Å². The van der Waals surface area contributed by atoms with Gasteiger partial charge in [0.25, 0.3) is 0 Å². The Morgan fingerprint density at radius 1 is 1.46 bits per heavy atom. The molecule has 0 saturated carbocycles.